The lowest BCUT2D eigenvalue weighted by Crippen LogP contribution is -2.06. The first kappa shape index (κ1) is 14.6. The summed E-state index contributed by atoms with van der Waals surface area (Å²) in [6.07, 6.45) is 1.11. The number of hydrogen-bond donors (Lipinski definition) is 2. The van der Waals surface area contributed by atoms with Crippen LogP contribution in [0.5, 0.6) is 0 Å². The van der Waals surface area contributed by atoms with Crippen LogP contribution in [-0.4, -0.2) is 21.4 Å². The number of benzene rings is 1. The Bertz CT molecular complexity index is 657. The highest BCUT2D eigenvalue weighted by Crippen LogP contribution is 2.26. The molecule has 0 aliphatic carbocycles. The van der Waals surface area contributed by atoms with Gasteiger partial charge in [-0.1, -0.05) is 0 Å². The third-order valence-electron chi connectivity index (χ3n) is 2.61. The Hall–Kier alpha value is -2.77. The highest BCUT2D eigenvalue weighted by atomic mass is 19.1. The zero-order valence-electron chi connectivity index (χ0n) is 11.6. The molecule has 0 fully saturated rings. The van der Waals surface area contributed by atoms with Crippen molar-refractivity contribution in [1.82, 2.24) is 9.97 Å². The fraction of sp³-hybridized carbons (Fsp3) is 0.231. The molecular formula is C13H14FN5O2. The molecule has 0 aliphatic heterocycles. The maximum atomic E-state index is 13.4. The van der Waals surface area contributed by atoms with Gasteiger partial charge >= 0.3 is 5.69 Å². The van der Waals surface area contributed by atoms with E-state index >= 15 is 0 Å². The van der Waals surface area contributed by atoms with Crippen LogP contribution in [0.4, 0.5) is 27.5 Å². The third kappa shape index (κ3) is 3.62. The maximum absolute atomic E-state index is 13.4. The monoisotopic (exact) mass is 291 g/mol. The zero-order valence-corrected chi connectivity index (χ0v) is 11.6. The van der Waals surface area contributed by atoms with E-state index in [0.717, 1.165) is 6.20 Å². The quantitative estimate of drug-likeness (QED) is 0.649. The van der Waals surface area contributed by atoms with Gasteiger partial charge in [-0.3, -0.25) is 10.1 Å². The summed E-state index contributed by atoms with van der Waals surface area (Å²) in [7, 11) is 0. The van der Waals surface area contributed by atoms with Crippen LogP contribution < -0.4 is 10.6 Å². The van der Waals surface area contributed by atoms with Gasteiger partial charge in [0.1, 0.15) is 12.0 Å². The van der Waals surface area contributed by atoms with Crippen molar-refractivity contribution in [3.8, 4) is 0 Å². The van der Waals surface area contributed by atoms with Crippen molar-refractivity contribution in [2.45, 2.75) is 13.8 Å². The number of anilines is 3. The molecule has 2 N–H and O–H groups in total. The average Bonchev–Trinajstić information content (AvgIpc) is 2.37. The van der Waals surface area contributed by atoms with E-state index in [1.165, 1.54) is 12.1 Å². The molecule has 7 nitrogen and oxygen atoms in total. The first-order valence-electron chi connectivity index (χ1n) is 6.29. The number of rotatable bonds is 5. The molecule has 0 amide bonds. The van der Waals surface area contributed by atoms with Gasteiger partial charge in [0.15, 0.2) is 0 Å². The predicted molar refractivity (Wildman–Crippen MR) is 77.3 cm³/mol. The van der Waals surface area contributed by atoms with Gasteiger partial charge in [0.05, 0.1) is 4.92 Å². The zero-order chi connectivity index (χ0) is 15.4. The van der Waals surface area contributed by atoms with E-state index in [9.17, 15) is 14.5 Å². The summed E-state index contributed by atoms with van der Waals surface area (Å²) in [5, 5.41) is 16.6. The van der Waals surface area contributed by atoms with Crippen molar-refractivity contribution >= 4 is 23.1 Å². The molecule has 0 unspecified atom stereocenters. The molecule has 0 atom stereocenters. The van der Waals surface area contributed by atoms with Crippen LogP contribution >= 0.6 is 0 Å². The van der Waals surface area contributed by atoms with E-state index in [1.807, 2.05) is 6.92 Å². The van der Waals surface area contributed by atoms with Crippen LogP contribution in [-0.2, 0) is 0 Å². The molecule has 0 saturated carbocycles. The molecule has 0 spiro atoms. The Labute approximate surface area is 120 Å². The summed E-state index contributed by atoms with van der Waals surface area (Å²) in [4.78, 5) is 18.3. The summed E-state index contributed by atoms with van der Waals surface area (Å²) in [6, 6.07) is 4.28. The molecule has 110 valence electrons. The maximum Gasteiger partial charge on any atom is 0.329 e. The Morgan fingerprint density at radius 1 is 1.38 bits per heavy atom. The fourth-order valence-electron chi connectivity index (χ4n) is 1.79. The molecule has 1 heterocycles. The molecule has 2 rings (SSSR count). The average molecular weight is 291 g/mol. The van der Waals surface area contributed by atoms with Crippen molar-refractivity contribution in [2.24, 2.45) is 0 Å². The van der Waals surface area contributed by atoms with Crippen molar-refractivity contribution in [3.05, 3.63) is 45.9 Å². The number of aromatic nitrogens is 2. The van der Waals surface area contributed by atoms with Crippen molar-refractivity contribution in [3.63, 3.8) is 0 Å². The minimum atomic E-state index is -0.593. The van der Waals surface area contributed by atoms with E-state index in [0.29, 0.717) is 17.8 Å². The van der Waals surface area contributed by atoms with Crippen LogP contribution in [0.1, 0.15) is 12.5 Å². The normalized spacial score (nSPS) is 10.2. The largest absolute Gasteiger partial charge is 0.354 e. The highest BCUT2D eigenvalue weighted by Gasteiger charge is 2.17. The lowest BCUT2D eigenvalue weighted by Gasteiger charge is -2.09. The lowest BCUT2D eigenvalue weighted by atomic mass is 10.2. The van der Waals surface area contributed by atoms with E-state index in [2.05, 4.69) is 20.6 Å². The summed E-state index contributed by atoms with van der Waals surface area (Å²) < 4.78 is 13.4. The van der Waals surface area contributed by atoms with Crippen LogP contribution in [0, 0.1) is 22.9 Å². The standard InChI is InChI=1S/C13H14FN5O2/c1-3-15-13-16-7-11(19(20)21)12(18-13)17-10-5-8(2)4-9(14)6-10/h4-7H,3H2,1-2H3,(H2,15,16,17,18). The number of nitrogens with one attached hydrogen (secondary N) is 2. The molecule has 0 aliphatic rings. The first-order chi connectivity index (χ1) is 9.99. The second-order valence-corrected chi connectivity index (χ2v) is 4.36. The molecule has 0 bridgehead atoms. The van der Waals surface area contributed by atoms with Crippen LogP contribution in [0.25, 0.3) is 0 Å². The van der Waals surface area contributed by atoms with Gasteiger partial charge in [-0.25, -0.2) is 9.37 Å². The molecule has 0 saturated heterocycles. The number of nitrogens with zero attached hydrogens (tertiary/aromatic N) is 3. The Morgan fingerprint density at radius 3 is 2.76 bits per heavy atom. The summed E-state index contributed by atoms with van der Waals surface area (Å²) in [6.45, 7) is 4.16. The van der Waals surface area contributed by atoms with Crippen LogP contribution in [0.2, 0.25) is 0 Å². The molecule has 2 aromatic rings. The van der Waals surface area contributed by atoms with E-state index in [-0.39, 0.29) is 17.5 Å². The predicted octanol–water partition coefficient (Wildman–Crippen LogP) is 3.01. The van der Waals surface area contributed by atoms with Crippen molar-refractivity contribution in [2.75, 3.05) is 17.2 Å². The third-order valence-corrected chi connectivity index (χ3v) is 2.61. The smallest absolute Gasteiger partial charge is 0.329 e. The van der Waals surface area contributed by atoms with Crippen molar-refractivity contribution in [1.29, 1.82) is 0 Å². The summed E-state index contributed by atoms with van der Waals surface area (Å²) in [5.41, 5.74) is 0.802. The van der Waals surface area contributed by atoms with E-state index < -0.39 is 10.7 Å². The number of halogens is 1. The fourth-order valence-corrected chi connectivity index (χ4v) is 1.79. The molecule has 8 heteroatoms. The Balaban J connectivity index is 2.40. The van der Waals surface area contributed by atoms with Gasteiger partial charge in [0.2, 0.25) is 11.8 Å². The second-order valence-electron chi connectivity index (χ2n) is 4.36. The SMILES string of the molecule is CCNc1ncc([N+](=O)[O-])c(Nc2cc(C)cc(F)c2)n1. The van der Waals surface area contributed by atoms with E-state index in [4.69, 9.17) is 0 Å². The molecular weight excluding hydrogens is 277 g/mol. The lowest BCUT2D eigenvalue weighted by molar-refractivity contribution is -0.384. The summed E-state index contributed by atoms with van der Waals surface area (Å²) in [5.74, 6) is -0.157. The Kier molecular flexibility index (Phi) is 4.27. The molecule has 1 aromatic carbocycles. The Morgan fingerprint density at radius 2 is 2.14 bits per heavy atom. The molecule has 21 heavy (non-hydrogen) atoms. The van der Waals surface area contributed by atoms with Gasteiger partial charge < -0.3 is 10.6 Å². The van der Waals surface area contributed by atoms with Gasteiger partial charge in [-0.15, -0.1) is 0 Å². The molecule has 0 radical (unpaired) electrons. The van der Waals surface area contributed by atoms with Crippen molar-refractivity contribution < 1.29 is 9.31 Å². The van der Waals surface area contributed by atoms with Gasteiger partial charge in [0.25, 0.3) is 0 Å². The second kappa shape index (κ2) is 6.12. The minimum absolute atomic E-state index is 0.0101. The number of hydrogen-bond acceptors (Lipinski definition) is 6. The highest BCUT2D eigenvalue weighted by molar-refractivity contribution is 5.66. The number of aryl methyl sites for hydroxylation is 1. The van der Waals surface area contributed by atoms with Gasteiger partial charge in [0, 0.05) is 12.2 Å². The van der Waals surface area contributed by atoms with Crippen LogP contribution in [0.3, 0.4) is 0 Å². The van der Waals surface area contributed by atoms with E-state index in [1.54, 1.807) is 13.0 Å². The summed E-state index contributed by atoms with van der Waals surface area (Å²) >= 11 is 0. The van der Waals surface area contributed by atoms with Crippen LogP contribution in [0.15, 0.2) is 24.4 Å². The van der Waals surface area contributed by atoms with Gasteiger partial charge in [-0.05, 0) is 37.6 Å². The topological polar surface area (TPSA) is 93.0 Å². The molecule has 1 aromatic heterocycles. The number of nitro groups is 1. The first-order valence-corrected chi connectivity index (χ1v) is 6.29. The minimum Gasteiger partial charge on any atom is -0.354 e. The van der Waals surface area contributed by atoms with Gasteiger partial charge in [-0.2, -0.15) is 4.98 Å².